The summed E-state index contributed by atoms with van der Waals surface area (Å²) in [5, 5.41) is 5.68. The maximum Gasteiger partial charge on any atom is 0.255 e. The van der Waals surface area contributed by atoms with Crippen LogP contribution in [0.4, 0.5) is 11.4 Å². The molecule has 0 atom stereocenters. The quantitative estimate of drug-likeness (QED) is 0.887. The van der Waals surface area contributed by atoms with Gasteiger partial charge in [-0.3, -0.25) is 9.59 Å². The second-order valence-corrected chi connectivity index (χ2v) is 5.66. The van der Waals surface area contributed by atoms with Crippen LogP contribution in [0.15, 0.2) is 48.5 Å². The van der Waals surface area contributed by atoms with Gasteiger partial charge in [0.05, 0.1) is 5.41 Å². The second kappa shape index (κ2) is 4.74. The summed E-state index contributed by atoms with van der Waals surface area (Å²) in [6, 6.07) is 14.6. The second-order valence-electron chi connectivity index (χ2n) is 5.66. The molecule has 0 bridgehead atoms. The van der Waals surface area contributed by atoms with E-state index >= 15 is 0 Å². The number of benzene rings is 2. The molecule has 2 aromatic carbocycles. The van der Waals surface area contributed by atoms with Crippen molar-refractivity contribution in [3.05, 3.63) is 59.7 Å². The van der Waals surface area contributed by atoms with Gasteiger partial charge in [-0.1, -0.05) is 18.2 Å². The van der Waals surface area contributed by atoms with E-state index in [1.807, 2.05) is 44.2 Å². The molecule has 4 heteroatoms. The average molecular weight is 280 g/mol. The summed E-state index contributed by atoms with van der Waals surface area (Å²) in [5.41, 5.74) is 2.31. The predicted molar refractivity (Wildman–Crippen MR) is 82.5 cm³/mol. The maximum absolute atomic E-state index is 12.3. The van der Waals surface area contributed by atoms with E-state index in [1.165, 1.54) is 0 Å². The Morgan fingerprint density at radius 1 is 1.10 bits per heavy atom. The van der Waals surface area contributed by atoms with Crippen LogP contribution in [0.3, 0.4) is 0 Å². The first-order valence-electron chi connectivity index (χ1n) is 6.81. The van der Waals surface area contributed by atoms with Crippen molar-refractivity contribution in [3.8, 4) is 0 Å². The molecule has 1 heterocycles. The summed E-state index contributed by atoms with van der Waals surface area (Å²) in [4.78, 5) is 24.2. The molecule has 0 saturated heterocycles. The van der Waals surface area contributed by atoms with Crippen LogP contribution in [-0.4, -0.2) is 11.8 Å². The standard InChI is InChI=1S/C17H16N2O2/c1-17(2)13-10-11(8-9-14(13)19-16(17)21)15(20)18-12-6-4-3-5-7-12/h3-10H,1-2H3,(H,18,20)(H,19,21). The number of anilines is 2. The molecule has 106 valence electrons. The number of carbonyl (C=O) groups excluding carboxylic acids is 2. The molecule has 0 spiro atoms. The Labute approximate surface area is 123 Å². The predicted octanol–water partition coefficient (Wildman–Crippen LogP) is 3.17. The van der Waals surface area contributed by atoms with Crippen LogP contribution in [0.25, 0.3) is 0 Å². The molecule has 0 unspecified atom stereocenters. The summed E-state index contributed by atoms with van der Waals surface area (Å²) < 4.78 is 0. The Balaban J connectivity index is 1.90. The maximum atomic E-state index is 12.3. The highest BCUT2D eigenvalue weighted by Gasteiger charge is 2.38. The summed E-state index contributed by atoms with van der Waals surface area (Å²) in [6.45, 7) is 3.71. The number of amides is 2. The minimum atomic E-state index is -0.613. The van der Waals surface area contributed by atoms with E-state index in [0.29, 0.717) is 5.56 Å². The normalized spacial score (nSPS) is 15.2. The Morgan fingerprint density at radius 3 is 2.52 bits per heavy atom. The summed E-state index contributed by atoms with van der Waals surface area (Å²) in [5.74, 6) is -0.225. The fourth-order valence-corrected chi connectivity index (χ4v) is 2.44. The fourth-order valence-electron chi connectivity index (χ4n) is 2.44. The summed E-state index contributed by atoms with van der Waals surface area (Å²) in [6.07, 6.45) is 0. The number of fused-ring (bicyclic) bond motifs is 1. The van der Waals surface area contributed by atoms with E-state index in [4.69, 9.17) is 0 Å². The van der Waals surface area contributed by atoms with Gasteiger partial charge in [-0.25, -0.2) is 0 Å². The van der Waals surface area contributed by atoms with Crippen molar-refractivity contribution >= 4 is 23.2 Å². The Hall–Kier alpha value is -2.62. The lowest BCUT2D eigenvalue weighted by Gasteiger charge is -2.15. The van der Waals surface area contributed by atoms with Gasteiger partial charge < -0.3 is 10.6 Å². The van der Waals surface area contributed by atoms with Gasteiger partial charge in [-0.15, -0.1) is 0 Å². The number of hydrogen-bond donors (Lipinski definition) is 2. The molecule has 0 fully saturated rings. The van der Waals surface area contributed by atoms with Gasteiger partial charge in [0.2, 0.25) is 5.91 Å². The molecule has 2 N–H and O–H groups in total. The molecule has 0 radical (unpaired) electrons. The molecule has 0 aromatic heterocycles. The third-order valence-electron chi connectivity index (χ3n) is 3.80. The first-order chi connectivity index (χ1) is 9.98. The highest BCUT2D eigenvalue weighted by Crippen LogP contribution is 2.37. The van der Waals surface area contributed by atoms with Crippen LogP contribution in [-0.2, 0) is 10.2 Å². The van der Waals surface area contributed by atoms with Gasteiger partial charge in [-0.2, -0.15) is 0 Å². The van der Waals surface area contributed by atoms with E-state index < -0.39 is 5.41 Å². The number of hydrogen-bond acceptors (Lipinski definition) is 2. The smallest absolute Gasteiger partial charge is 0.255 e. The Bertz CT molecular complexity index is 721. The minimum absolute atomic E-state index is 0.0434. The topological polar surface area (TPSA) is 58.2 Å². The van der Waals surface area contributed by atoms with Crippen LogP contribution in [0.1, 0.15) is 29.8 Å². The van der Waals surface area contributed by atoms with Gasteiger partial charge in [0, 0.05) is 16.9 Å². The van der Waals surface area contributed by atoms with Crippen molar-refractivity contribution in [2.24, 2.45) is 0 Å². The monoisotopic (exact) mass is 280 g/mol. The van der Waals surface area contributed by atoms with E-state index in [0.717, 1.165) is 16.9 Å². The van der Waals surface area contributed by atoms with Crippen LogP contribution in [0.2, 0.25) is 0 Å². The summed E-state index contributed by atoms with van der Waals surface area (Å²) >= 11 is 0. The zero-order valence-electron chi connectivity index (χ0n) is 11.9. The van der Waals surface area contributed by atoms with Crippen molar-refractivity contribution < 1.29 is 9.59 Å². The van der Waals surface area contributed by atoms with E-state index in [-0.39, 0.29) is 11.8 Å². The van der Waals surface area contributed by atoms with Crippen molar-refractivity contribution in [2.45, 2.75) is 19.3 Å². The Kier molecular flexibility index (Phi) is 3.01. The zero-order chi connectivity index (χ0) is 15.0. The molecule has 1 aliphatic rings. The molecular weight excluding hydrogens is 264 g/mol. The van der Waals surface area contributed by atoms with E-state index in [9.17, 15) is 9.59 Å². The number of nitrogens with one attached hydrogen (secondary N) is 2. The van der Waals surface area contributed by atoms with E-state index in [1.54, 1.807) is 18.2 Å². The van der Waals surface area contributed by atoms with Crippen molar-refractivity contribution in [2.75, 3.05) is 10.6 Å². The number of carbonyl (C=O) groups is 2. The highest BCUT2D eigenvalue weighted by molar-refractivity contribution is 6.09. The van der Waals surface area contributed by atoms with Crippen LogP contribution < -0.4 is 10.6 Å². The molecule has 0 aliphatic carbocycles. The lowest BCUT2D eigenvalue weighted by Crippen LogP contribution is -2.27. The first kappa shape index (κ1) is 13.4. The van der Waals surface area contributed by atoms with Gasteiger partial charge in [0.1, 0.15) is 0 Å². The minimum Gasteiger partial charge on any atom is -0.325 e. The molecule has 2 amide bonds. The molecule has 0 saturated carbocycles. The lowest BCUT2D eigenvalue weighted by molar-refractivity contribution is -0.119. The SMILES string of the molecule is CC1(C)C(=O)Nc2ccc(C(=O)Nc3ccccc3)cc21. The molecule has 2 aromatic rings. The van der Waals surface area contributed by atoms with Crippen LogP contribution >= 0.6 is 0 Å². The molecule has 4 nitrogen and oxygen atoms in total. The first-order valence-corrected chi connectivity index (χ1v) is 6.81. The third-order valence-corrected chi connectivity index (χ3v) is 3.80. The van der Waals surface area contributed by atoms with Crippen LogP contribution in [0.5, 0.6) is 0 Å². The fraction of sp³-hybridized carbons (Fsp3) is 0.176. The average Bonchev–Trinajstić information content (AvgIpc) is 2.70. The Morgan fingerprint density at radius 2 is 1.81 bits per heavy atom. The molecule has 3 rings (SSSR count). The van der Waals surface area contributed by atoms with E-state index in [2.05, 4.69) is 10.6 Å². The number of rotatable bonds is 2. The van der Waals surface area contributed by atoms with Gasteiger partial charge in [-0.05, 0) is 49.7 Å². The third kappa shape index (κ3) is 2.29. The van der Waals surface area contributed by atoms with Crippen molar-refractivity contribution in [3.63, 3.8) is 0 Å². The zero-order valence-corrected chi connectivity index (χ0v) is 11.9. The lowest BCUT2D eigenvalue weighted by atomic mass is 9.85. The molecule has 1 aliphatic heterocycles. The highest BCUT2D eigenvalue weighted by atomic mass is 16.2. The van der Waals surface area contributed by atoms with Crippen molar-refractivity contribution in [1.82, 2.24) is 0 Å². The van der Waals surface area contributed by atoms with Crippen LogP contribution in [0, 0.1) is 0 Å². The summed E-state index contributed by atoms with van der Waals surface area (Å²) in [7, 11) is 0. The molecular formula is C17H16N2O2. The van der Waals surface area contributed by atoms with Crippen molar-refractivity contribution in [1.29, 1.82) is 0 Å². The largest absolute Gasteiger partial charge is 0.325 e. The van der Waals surface area contributed by atoms with Gasteiger partial charge in [0.25, 0.3) is 5.91 Å². The number of para-hydroxylation sites is 1. The van der Waals surface area contributed by atoms with Gasteiger partial charge in [0.15, 0.2) is 0 Å². The molecule has 21 heavy (non-hydrogen) atoms. The van der Waals surface area contributed by atoms with Gasteiger partial charge >= 0.3 is 0 Å².